The van der Waals surface area contributed by atoms with Gasteiger partial charge in [-0.05, 0) is 33.0 Å². The lowest BCUT2D eigenvalue weighted by molar-refractivity contribution is 0.0501. The largest absolute Gasteiger partial charge is 0.390 e. The third-order valence-electron chi connectivity index (χ3n) is 4.35. The van der Waals surface area contributed by atoms with Gasteiger partial charge in [-0.15, -0.1) is 0 Å². The van der Waals surface area contributed by atoms with E-state index in [9.17, 15) is 9.90 Å². The Kier molecular flexibility index (Phi) is 6.10. The number of aliphatic hydroxyl groups excluding tert-OH is 1. The van der Waals surface area contributed by atoms with E-state index in [1.807, 2.05) is 26.0 Å². The lowest BCUT2D eigenvalue weighted by atomic mass is 10.1. The molecule has 1 amide bonds. The van der Waals surface area contributed by atoms with Crippen LogP contribution >= 0.6 is 0 Å². The molecule has 0 saturated carbocycles. The van der Waals surface area contributed by atoms with Crippen molar-refractivity contribution in [2.75, 3.05) is 53.4 Å². The van der Waals surface area contributed by atoms with Crippen molar-refractivity contribution in [2.24, 2.45) is 0 Å². The molecule has 1 saturated heterocycles. The van der Waals surface area contributed by atoms with Crippen LogP contribution in [-0.4, -0.2) is 90.2 Å². The molecular formula is C17H28N4O2. The molecule has 1 aliphatic rings. The summed E-state index contributed by atoms with van der Waals surface area (Å²) in [4.78, 5) is 23.0. The molecule has 1 aromatic heterocycles. The Hall–Kier alpha value is -1.50. The maximum Gasteiger partial charge on any atom is 0.255 e. The van der Waals surface area contributed by atoms with Crippen LogP contribution in [0.5, 0.6) is 0 Å². The summed E-state index contributed by atoms with van der Waals surface area (Å²) < 4.78 is 0. The average Bonchev–Trinajstić information content (AvgIpc) is 2.49. The van der Waals surface area contributed by atoms with Gasteiger partial charge in [0.1, 0.15) is 0 Å². The van der Waals surface area contributed by atoms with E-state index in [0.29, 0.717) is 18.7 Å². The van der Waals surface area contributed by atoms with E-state index >= 15 is 0 Å². The van der Waals surface area contributed by atoms with E-state index in [1.54, 1.807) is 11.9 Å². The fourth-order valence-corrected chi connectivity index (χ4v) is 2.90. The summed E-state index contributed by atoms with van der Waals surface area (Å²) in [5, 5.41) is 10.3. The van der Waals surface area contributed by atoms with Gasteiger partial charge in [-0.3, -0.25) is 14.7 Å². The van der Waals surface area contributed by atoms with Crippen LogP contribution in [0.25, 0.3) is 0 Å². The monoisotopic (exact) mass is 320 g/mol. The maximum absolute atomic E-state index is 12.5. The normalized spacial score (nSPS) is 18.0. The van der Waals surface area contributed by atoms with Gasteiger partial charge in [0.05, 0.1) is 17.4 Å². The van der Waals surface area contributed by atoms with Crippen molar-refractivity contribution in [3.63, 3.8) is 0 Å². The molecule has 0 aromatic carbocycles. The number of hydrogen-bond donors (Lipinski definition) is 1. The number of likely N-dealkylation sites (N-methyl/N-ethyl adjacent to an activating group) is 2. The van der Waals surface area contributed by atoms with Crippen LogP contribution in [-0.2, 0) is 0 Å². The van der Waals surface area contributed by atoms with Crippen molar-refractivity contribution in [1.82, 2.24) is 19.7 Å². The highest BCUT2D eigenvalue weighted by Gasteiger charge is 2.21. The number of carbonyl (C=O) groups excluding carboxylic acids is 1. The molecule has 128 valence electrons. The number of β-amino-alcohol motifs (C(OH)–C–C–N with tert-alkyl or cyclic N) is 1. The summed E-state index contributed by atoms with van der Waals surface area (Å²) in [6.45, 7) is 8.67. The number of aliphatic hydroxyl groups is 1. The van der Waals surface area contributed by atoms with Gasteiger partial charge in [-0.25, -0.2) is 0 Å². The number of aryl methyl sites for hydroxylation is 2. The van der Waals surface area contributed by atoms with Gasteiger partial charge >= 0.3 is 0 Å². The van der Waals surface area contributed by atoms with E-state index in [2.05, 4.69) is 21.8 Å². The van der Waals surface area contributed by atoms with Crippen LogP contribution in [0.4, 0.5) is 0 Å². The molecular weight excluding hydrogens is 292 g/mol. The summed E-state index contributed by atoms with van der Waals surface area (Å²) in [7, 11) is 3.84. The number of piperazine rings is 1. The zero-order valence-corrected chi connectivity index (χ0v) is 14.6. The van der Waals surface area contributed by atoms with Crippen molar-refractivity contribution in [3.05, 3.63) is 29.1 Å². The minimum atomic E-state index is -0.536. The zero-order valence-electron chi connectivity index (χ0n) is 14.6. The molecule has 2 rings (SSSR count). The quantitative estimate of drug-likeness (QED) is 0.850. The molecule has 1 N–H and O–H groups in total. The van der Waals surface area contributed by atoms with Gasteiger partial charge in [-0.1, -0.05) is 0 Å². The van der Waals surface area contributed by atoms with Crippen LogP contribution in [0.3, 0.4) is 0 Å². The summed E-state index contributed by atoms with van der Waals surface area (Å²) in [6, 6.07) is 3.65. The second-order valence-corrected chi connectivity index (χ2v) is 6.53. The lowest BCUT2D eigenvalue weighted by Gasteiger charge is -2.34. The van der Waals surface area contributed by atoms with Gasteiger partial charge in [0.15, 0.2) is 0 Å². The highest BCUT2D eigenvalue weighted by Crippen LogP contribution is 2.10. The van der Waals surface area contributed by atoms with Gasteiger partial charge < -0.3 is 14.9 Å². The first-order valence-electron chi connectivity index (χ1n) is 8.15. The molecule has 0 radical (unpaired) electrons. The standard InChI is InChI=1S/C17H28N4O2/c1-13-5-6-16(14(2)18-13)17(23)20(4)11-15(22)12-21-9-7-19(3)8-10-21/h5-6,15,22H,7-12H2,1-4H3. The highest BCUT2D eigenvalue weighted by atomic mass is 16.3. The Morgan fingerprint density at radius 3 is 2.57 bits per heavy atom. The summed E-state index contributed by atoms with van der Waals surface area (Å²) in [6.07, 6.45) is -0.536. The molecule has 0 aliphatic carbocycles. The predicted molar refractivity (Wildman–Crippen MR) is 90.6 cm³/mol. The van der Waals surface area contributed by atoms with Crippen LogP contribution in [0, 0.1) is 13.8 Å². The molecule has 1 unspecified atom stereocenters. The highest BCUT2D eigenvalue weighted by molar-refractivity contribution is 5.95. The van der Waals surface area contributed by atoms with Crippen molar-refractivity contribution in [2.45, 2.75) is 20.0 Å². The summed E-state index contributed by atoms with van der Waals surface area (Å²) in [5.74, 6) is -0.0903. The molecule has 0 bridgehead atoms. The molecule has 1 aromatic rings. The maximum atomic E-state index is 12.5. The first-order chi connectivity index (χ1) is 10.9. The number of nitrogens with zero attached hydrogens (tertiary/aromatic N) is 4. The number of pyridine rings is 1. The van der Waals surface area contributed by atoms with Crippen molar-refractivity contribution >= 4 is 5.91 Å². The Labute approximate surface area is 138 Å². The van der Waals surface area contributed by atoms with Crippen LogP contribution < -0.4 is 0 Å². The number of rotatable bonds is 5. The van der Waals surface area contributed by atoms with Gasteiger partial charge in [0.25, 0.3) is 5.91 Å². The molecule has 1 fully saturated rings. The molecule has 1 aliphatic heterocycles. The lowest BCUT2D eigenvalue weighted by Crippen LogP contribution is -2.49. The molecule has 1 atom stereocenters. The first kappa shape index (κ1) is 17.8. The summed E-state index contributed by atoms with van der Waals surface area (Å²) in [5.41, 5.74) is 2.23. The van der Waals surface area contributed by atoms with Gasteiger partial charge in [-0.2, -0.15) is 0 Å². The minimum Gasteiger partial charge on any atom is -0.390 e. The molecule has 2 heterocycles. The molecule has 6 nitrogen and oxygen atoms in total. The Morgan fingerprint density at radius 1 is 1.30 bits per heavy atom. The number of amides is 1. The summed E-state index contributed by atoms with van der Waals surface area (Å²) >= 11 is 0. The minimum absolute atomic E-state index is 0.0903. The van der Waals surface area contributed by atoms with E-state index in [-0.39, 0.29) is 5.91 Å². The SMILES string of the molecule is Cc1ccc(C(=O)N(C)CC(O)CN2CCN(C)CC2)c(C)n1. The van der Waals surface area contributed by atoms with Gasteiger partial charge in [0.2, 0.25) is 0 Å². The first-order valence-corrected chi connectivity index (χ1v) is 8.15. The van der Waals surface area contributed by atoms with Crippen LogP contribution in [0.2, 0.25) is 0 Å². The third kappa shape index (κ3) is 4.99. The predicted octanol–water partition coefficient (Wildman–Crippen LogP) is 0.379. The molecule has 0 spiro atoms. The number of carbonyl (C=O) groups is 1. The van der Waals surface area contributed by atoms with E-state index in [1.165, 1.54) is 0 Å². The zero-order chi connectivity index (χ0) is 17.0. The molecule has 23 heavy (non-hydrogen) atoms. The van der Waals surface area contributed by atoms with E-state index in [0.717, 1.165) is 37.6 Å². The van der Waals surface area contributed by atoms with E-state index in [4.69, 9.17) is 0 Å². The van der Waals surface area contributed by atoms with Crippen molar-refractivity contribution in [1.29, 1.82) is 0 Å². The fraction of sp³-hybridized carbons (Fsp3) is 0.647. The Balaban J connectivity index is 1.87. The van der Waals surface area contributed by atoms with E-state index < -0.39 is 6.10 Å². The second kappa shape index (κ2) is 7.86. The van der Waals surface area contributed by atoms with Crippen molar-refractivity contribution in [3.8, 4) is 0 Å². The average molecular weight is 320 g/mol. The number of aromatic nitrogens is 1. The smallest absolute Gasteiger partial charge is 0.255 e. The third-order valence-corrected chi connectivity index (χ3v) is 4.35. The number of hydrogen-bond acceptors (Lipinski definition) is 5. The van der Waals surface area contributed by atoms with Crippen LogP contribution in [0.1, 0.15) is 21.7 Å². The van der Waals surface area contributed by atoms with Gasteiger partial charge in [0, 0.05) is 52.0 Å². The Bertz CT molecular complexity index is 541. The van der Waals surface area contributed by atoms with Crippen LogP contribution in [0.15, 0.2) is 12.1 Å². The van der Waals surface area contributed by atoms with Crippen molar-refractivity contribution < 1.29 is 9.90 Å². The Morgan fingerprint density at radius 2 is 1.96 bits per heavy atom. The fourth-order valence-electron chi connectivity index (χ4n) is 2.90. The topological polar surface area (TPSA) is 59.9 Å². The second-order valence-electron chi connectivity index (χ2n) is 6.53. The molecule has 6 heteroatoms.